The molecule has 0 bridgehead atoms. The van der Waals surface area contributed by atoms with Crippen molar-refractivity contribution in [2.45, 2.75) is 24.5 Å². The quantitative estimate of drug-likeness (QED) is 0.817. The maximum absolute atomic E-state index is 11.5. The lowest BCUT2D eigenvalue weighted by molar-refractivity contribution is 0.0950. The van der Waals surface area contributed by atoms with Gasteiger partial charge < -0.3 is 10.6 Å². The fraction of sp³-hybridized carbons (Fsp3) is 0.583. The molecule has 1 amide bonds. The molecule has 1 saturated carbocycles. The molecule has 1 aliphatic carbocycles. The smallest absolute Gasteiger partial charge is 0.271 e. The van der Waals surface area contributed by atoms with Crippen LogP contribution in [0.1, 0.15) is 30.3 Å². The number of amides is 1. The summed E-state index contributed by atoms with van der Waals surface area (Å²) in [6, 6.07) is 3.49. The van der Waals surface area contributed by atoms with E-state index in [0.717, 1.165) is 12.4 Å². The van der Waals surface area contributed by atoms with E-state index >= 15 is 0 Å². The van der Waals surface area contributed by atoms with E-state index in [0.29, 0.717) is 17.0 Å². The second kappa shape index (κ2) is 5.56. The van der Waals surface area contributed by atoms with E-state index in [1.54, 1.807) is 12.1 Å². The second-order valence-electron chi connectivity index (χ2n) is 4.40. The first-order chi connectivity index (χ1) is 8.69. The number of thioether (sulfide) groups is 1. The van der Waals surface area contributed by atoms with Gasteiger partial charge in [0, 0.05) is 17.8 Å². The fourth-order valence-electron chi connectivity index (χ4n) is 1.64. The van der Waals surface area contributed by atoms with Gasteiger partial charge in [-0.1, -0.05) is 0 Å². The Balaban J connectivity index is 1.89. The summed E-state index contributed by atoms with van der Waals surface area (Å²) in [5, 5.41) is 13.9. The largest absolute Gasteiger partial charge is 0.367 e. The zero-order valence-electron chi connectivity index (χ0n) is 10.7. The number of aromatic nitrogens is 2. The third-order valence-corrected chi connectivity index (χ3v) is 4.49. The van der Waals surface area contributed by atoms with Gasteiger partial charge in [-0.15, -0.1) is 10.2 Å². The summed E-state index contributed by atoms with van der Waals surface area (Å²) in [5.74, 6) is 0.544. The van der Waals surface area contributed by atoms with Crippen molar-refractivity contribution in [1.29, 1.82) is 0 Å². The molecule has 0 saturated heterocycles. The number of nitrogens with one attached hydrogen (secondary N) is 2. The average molecular weight is 266 g/mol. The number of anilines is 1. The summed E-state index contributed by atoms with van der Waals surface area (Å²) in [5.41, 5.74) is 0.355. The monoisotopic (exact) mass is 266 g/mol. The predicted molar refractivity (Wildman–Crippen MR) is 74.0 cm³/mol. The molecule has 0 radical (unpaired) electrons. The summed E-state index contributed by atoms with van der Waals surface area (Å²) in [4.78, 5) is 11.5. The first-order valence-electron chi connectivity index (χ1n) is 6.10. The third kappa shape index (κ3) is 3.13. The van der Waals surface area contributed by atoms with Gasteiger partial charge in [-0.2, -0.15) is 11.8 Å². The van der Waals surface area contributed by atoms with Crippen LogP contribution in [0.15, 0.2) is 12.1 Å². The second-order valence-corrected chi connectivity index (χ2v) is 5.68. The molecule has 98 valence electrons. The van der Waals surface area contributed by atoms with Crippen molar-refractivity contribution >= 4 is 23.5 Å². The highest BCUT2D eigenvalue weighted by Gasteiger charge is 2.41. The van der Waals surface area contributed by atoms with Crippen molar-refractivity contribution in [2.24, 2.45) is 0 Å². The summed E-state index contributed by atoms with van der Waals surface area (Å²) in [6.07, 6.45) is 4.65. The molecule has 1 aromatic rings. The molecular formula is C12H18N4OS. The van der Waals surface area contributed by atoms with Crippen molar-refractivity contribution in [3.63, 3.8) is 0 Å². The highest BCUT2D eigenvalue weighted by molar-refractivity contribution is 8.00. The number of hydrogen-bond donors (Lipinski definition) is 2. The number of nitrogens with zero attached hydrogens (tertiary/aromatic N) is 2. The Morgan fingerprint density at radius 1 is 1.44 bits per heavy atom. The lowest BCUT2D eigenvalue weighted by Gasteiger charge is -2.13. The van der Waals surface area contributed by atoms with E-state index in [4.69, 9.17) is 0 Å². The maximum Gasteiger partial charge on any atom is 0.271 e. The Morgan fingerprint density at radius 3 is 2.72 bits per heavy atom. The standard InChI is InChI=1S/C12H18N4OS/c1-3-13-11(17)9-4-5-10(16-15-9)14-8-12(18-2)6-7-12/h4-5H,3,6-8H2,1-2H3,(H,13,17)(H,14,16). The Kier molecular flexibility index (Phi) is 4.06. The van der Waals surface area contributed by atoms with Crippen molar-refractivity contribution < 1.29 is 4.79 Å². The lowest BCUT2D eigenvalue weighted by atomic mass is 10.3. The summed E-state index contributed by atoms with van der Waals surface area (Å²) < 4.78 is 0.389. The fourth-order valence-corrected chi connectivity index (χ4v) is 2.37. The first kappa shape index (κ1) is 13.1. The predicted octanol–water partition coefficient (Wildman–Crippen LogP) is 1.53. The number of hydrogen-bond acceptors (Lipinski definition) is 5. The van der Waals surface area contributed by atoms with E-state index in [2.05, 4.69) is 27.1 Å². The van der Waals surface area contributed by atoms with Crippen LogP contribution in [0.2, 0.25) is 0 Å². The third-order valence-electron chi connectivity index (χ3n) is 3.07. The lowest BCUT2D eigenvalue weighted by Crippen LogP contribution is -2.24. The van der Waals surface area contributed by atoms with Crippen molar-refractivity contribution in [3.8, 4) is 0 Å². The molecule has 0 unspecified atom stereocenters. The maximum atomic E-state index is 11.5. The summed E-state index contributed by atoms with van der Waals surface area (Å²) in [6.45, 7) is 3.37. The Hall–Kier alpha value is -1.30. The average Bonchev–Trinajstić information content (AvgIpc) is 3.18. The summed E-state index contributed by atoms with van der Waals surface area (Å²) >= 11 is 1.90. The Morgan fingerprint density at radius 2 is 2.22 bits per heavy atom. The normalized spacial score (nSPS) is 16.1. The van der Waals surface area contributed by atoms with Crippen LogP contribution in [-0.2, 0) is 0 Å². The van der Waals surface area contributed by atoms with E-state index in [1.165, 1.54) is 12.8 Å². The zero-order valence-corrected chi connectivity index (χ0v) is 11.5. The highest BCUT2D eigenvalue weighted by atomic mass is 32.2. The molecule has 1 aromatic heterocycles. The van der Waals surface area contributed by atoms with Crippen molar-refractivity contribution in [2.75, 3.05) is 24.7 Å². The van der Waals surface area contributed by atoms with Crippen LogP contribution in [0.25, 0.3) is 0 Å². The molecule has 0 aliphatic heterocycles. The van der Waals surface area contributed by atoms with Crippen molar-refractivity contribution in [3.05, 3.63) is 17.8 Å². The van der Waals surface area contributed by atoms with Gasteiger partial charge in [-0.05, 0) is 38.2 Å². The molecule has 1 aliphatic rings. The number of carbonyl (C=O) groups excluding carboxylic acids is 1. The van der Waals surface area contributed by atoms with Crippen LogP contribution in [0.5, 0.6) is 0 Å². The molecule has 6 heteroatoms. The topological polar surface area (TPSA) is 66.9 Å². The van der Waals surface area contributed by atoms with Crippen LogP contribution < -0.4 is 10.6 Å². The number of carbonyl (C=O) groups is 1. The van der Waals surface area contributed by atoms with Gasteiger partial charge in [-0.25, -0.2) is 0 Å². The molecule has 1 fully saturated rings. The van der Waals surface area contributed by atoms with Gasteiger partial charge in [0.05, 0.1) is 0 Å². The molecule has 2 rings (SSSR count). The van der Waals surface area contributed by atoms with E-state index < -0.39 is 0 Å². The van der Waals surface area contributed by atoms with Crippen molar-refractivity contribution in [1.82, 2.24) is 15.5 Å². The van der Waals surface area contributed by atoms with Gasteiger partial charge in [0.2, 0.25) is 0 Å². The molecule has 0 atom stereocenters. The van der Waals surface area contributed by atoms with Crippen LogP contribution in [-0.4, -0.2) is 40.2 Å². The van der Waals surface area contributed by atoms with E-state index in [1.807, 2.05) is 18.7 Å². The van der Waals surface area contributed by atoms with Gasteiger partial charge in [0.25, 0.3) is 5.91 Å². The minimum atomic E-state index is -0.181. The Labute approximate surface area is 111 Å². The molecule has 1 heterocycles. The van der Waals surface area contributed by atoms with Crippen LogP contribution in [0.4, 0.5) is 5.82 Å². The molecule has 0 aromatic carbocycles. The van der Waals surface area contributed by atoms with Crippen LogP contribution in [0, 0.1) is 0 Å². The van der Waals surface area contributed by atoms with Gasteiger partial charge in [0.1, 0.15) is 5.82 Å². The molecule has 0 spiro atoms. The molecular weight excluding hydrogens is 248 g/mol. The van der Waals surface area contributed by atoms with Gasteiger partial charge in [-0.3, -0.25) is 4.79 Å². The molecule has 5 nitrogen and oxygen atoms in total. The Bertz CT molecular complexity index is 417. The van der Waals surface area contributed by atoms with Gasteiger partial charge >= 0.3 is 0 Å². The molecule has 2 N–H and O–H groups in total. The van der Waals surface area contributed by atoms with Crippen LogP contribution in [0.3, 0.4) is 0 Å². The first-order valence-corrected chi connectivity index (χ1v) is 7.32. The summed E-state index contributed by atoms with van der Waals surface area (Å²) in [7, 11) is 0. The zero-order chi connectivity index (χ0) is 13.0. The van der Waals surface area contributed by atoms with Crippen LogP contribution >= 0.6 is 11.8 Å². The van der Waals surface area contributed by atoms with E-state index in [9.17, 15) is 4.79 Å². The minimum Gasteiger partial charge on any atom is -0.367 e. The molecule has 18 heavy (non-hydrogen) atoms. The highest BCUT2D eigenvalue weighted by Crippen LogP contribution is 2.46. The van der Waals surface area contributed by atoms with Gasteiger partial charge in [0.15, 0.2) is 5.69 Å². The number of rotatable bonds is 6. The van der Waals surface area contributed by atoms with E-state index in [-0.39, 0.29) is 5.91 Å². The minimum absolute atomic E-state index is 0.181. The SMILES string of the molecule is CCNC(=O)c1ccc(NCC2(SC)CC2)nn1.